The molecule has 1 heterocycles. The predicted molar refractivity (Wildman–Crippen MR) is 113 cm³/mol. The summed E-state index contributed by atoms with van der Waals surface area (Å²) in [6.45, 7) is 1.02. The Hall–Kier alpha value is -2.97. The Morgan fingerprint density at radius 2 is 1.88 bits per heavy atom. The molecule has 1 rings (SSSR count). The Bertz CT molecular complexity index is 712. The first-order valence-electron chi connectivity index (χ1n) is 10.2. The number of hydrogen-bond acceptors (Lipinski definition) is 8. The quantitative estimate of drug-likeness (QED) is 0.0793. The number of nitrogens with one attached hydrogen (secondary N) is 2. The van der Waals surface area contributed by atoms with Crippen LogP contribution in [0, 0.1) is 0 Å². The molecule has 5 unspecified atom stereocenters. The zero-order chi connectivity index (χ0) is 24.4. The number of aliphatic carboxylic acids is 1. The Labute approximate surface area is 185 Å². The fourth-order valence-electron chi connectivity index (χ4n) is 3.26. The summed E-state index contributed by atoms with van der Waals surface area (Å²) in [5, 5.41) is 32.6. The largest absolute Gasteiger partial charge is 0.480 e. The number of carbonyl (C=O) groups is 4. The van der Waals surface area contributed by atoms with Crippen LogP contribution in [0.15, 0.2) is 4.99 Å². The van der Waals surface area contributed by atoms with Crippen molar-refractivity contribution in [3.63, 3.8) is 0 Å². The standard InChI is InChI=1S/C18H33N7O7/c1-9(27)13(17(31)32)24-15(29)12-5-3-7-25(12)16(30)11(4-2-6-22-18(20)21)23-14(28)10(19)8-26/h9-13,26-27H,2-8,19H2,1H3,(H,23,28)(H,24,29)(H,31,32)(H4,20,21,22). The van der Waals surface area contributed by atoms with Gasteiger partial charge >= 0.3 is 5.97 Å². The Kier molecular flexibility index (Phi) is 10.8. The average molecular weight is 460 g/mol. The number of nitrogens with zero attached hydrogens (tertiary/aromatic N) is 2. The number of amides is 3. The van der Waals surface area contributed by atoms with Crippen molar-refractivity contribution in [2.45, 2.75) is 62.9 Å². The number of rotatable bonds is 12. The van der Waals surface area contributed by atoms with Gasteiger partial charge in [0.05, 0.1) is 12.7 Å². The molecular formula is C18H33N7O7. The molecule has 11 N–H and O–H groups in total. The highest BCUT2D eigenvalue weighted by atomic mass is 16.4. The molecule has 1 fully saturated rings. The lowest BCUT2D eigenvalue weighted by molar-refractivity contribution is -0.147. The van der Waals surface area contributed by atoms with Crippen LogP contribution in [-0.4, -0.2) is 99.8 Å². The highest BCUT2D eigenvalue weighted by molar-refractivity contribution is 5.94. The van der Waals surface area contributed by atoms with E-state index in [0.29, 0.717) is 12.8 Å². The molecule has 0 aromatic carbocycles. The number of aliphatic imine (C=N–C) groups is 1. The van der Waals surface area contributed by atoms with Crippen molar-refractivity contribution in [3.8, 4) is 0 Å². The van der Waals surface area contributed by atoms with Crippen molar-refractivity contribution in [2.24, 2.45) is 22.2 Å². The number of hydrogen-bond donors (Lipinski definition) is 8. The summed E-state index contributed by atoms with van der Waals surface area (Å²) in [7, 11) is 0. The second kappa shape index (κ2) is 12.8. The van der Waals surface area contributed by atoms with Crippen LogP contribution in [0.4, 0.5) is 0 Å². The maximum absolute atomic E-state index is 13.2. The van der Waals surface area contributed by atoms with Crippen LogP contribution < -0.4 is 27.8 Å². The van der Waals surface area contributed by atoms with Crippen LogP contribution in [0.3, 0.4) is 0 Å². The van der Waals surface area contributed by atoms with Crippen molar-refractivity contribution in [3.05, 3.63) is 0 Å². The number of nitrogens with two attached hydrogens (primary N) is 3. The number of likely N-dealkylation sites (tertiary alicyclic amines) is 1. The summed E-state index contributed by atoms with van der Waals surface area (Å²) in [4.78, 5) is 54.3. The number of aliphatic hydroxyl groups is 2. The molecule has 1 aliphatic heterocycles. The van der Waals surface area contributed by atoms with E-state index < -0.39 is 60.6 Å². The van der Waals surface area contributed by atoms with Gasteiger partial charge in [0.25, 0.3) is 0 Å². The highest BCUT2D eigenvalue weighted by Crippen LogP contribution is 2.20. The first kappa shape index (κ1) is 27.1. The third kappa shape index (κ3) is 7.94. The van der Waals surface area contributed by atoms with E-state index in [4.69, 9.17) is 27.4 Å². The van der Waals surface area contributed by atoms with E-state index in [1.165, 1.54) is 11.8 Å². The summed E-state index contributed by atoms with van der Waals surface area (Å²) in [5.41, 5.74) is 16.1. The zero-order valence-electron chi connectivity index (χ0n) is 17.9. The van der Waals surface area contributed by atoms with Crippen LogP contribution in [0.25, 0.3) is 0 Å². The summed E-state index contributed by atoms with van der Waals surface area (Å²) >= 11 is 0. The molecule has 0 radical (unpaired) electrons. The number of carboxylic acids is 1. The van der Waals surface area contributed by atoms with Crippen LogP contribution in [0.2, 0.25) is 0 Å². The number of guanidine groups is 1. The van der Waals surface area contributed by atoms with Crippen LogP contribution in [0.1, 0.15) is 32.6 Å². The zero-order valence-corrected chi connectivity index (χ0v) is 17.9. The third-order valence-corrected chi connectivity index (χ3v) is 4.98. The van der Waals surface area contributed by atoms with E-state index in [2.05, 4.69) is 15.6 Å². The van der Waals surface area contributed by atoms with Crippen LogP contribution in [0.5, 0.6) is 0 Å². The lowest BCUT2D eigenvalue weighted by Gasteiger charge is -2.30. The first-order chi connectivity index (χ1) is 15.0. The number of aliphatic hydroxyl groups excluding tert-OH is 2. The Morgan fingerprint density at radius 1 is 1.22 bits per heavy atom. The molecule has 14 nitrogen and oxygen atoms in total. The van der Waals surface area contributed by atoms with E-state index in [0.717, 1.165) is 0 Å². The molecule has 1 aliphatic rings. The second-order valence-electron chi connectivity index (χ2n) is 7.55. The molecule has 0 saturated carbocycles. The predicted octanol–water partition coefficient (Wildman–Crippen LogP) is -4.21. The summed E-state index contributed by atoms with van der Waals surface area (Å²) in [5.74, 6) is -3.56. The van der Waals surface area contributed by atoms with Gasteiger partial charge in [0.1, 0.15) is 18.1 Å². The summed E-state index contributed by atoms with van der Waals surface area (Å²) in [6, 6.07) is -4.79. The van der Waals surface area contributed by atoms with Crippen molar-refractivity contribution < 1.29 is 34.5 Å². The van der Waals surface area contributed by atoms with Crippen molar-refractivity contribution in [1.82, 2.24) is 15.5 Å². The van der Waals surface area contributed by atoms with Gasteiger partial charge in [0.15, 0.2) is 12.0 Å². The van der Waals surface area contributed by atoms with Crippen LogP contribution >= 0.6 is 0 Å². The molecule has 0 aromatic rings. The SMILES string of the molecule is CC(O)C(NC(=O)C1CCCN1C(=O)C(CCCN=C(N)N)NC(=O)C(N)CO)C(=O)O. The van der Waals surface area contributed by atoms with Gasteiger partial charge in [-0.05, 0) is 32.6 Å². The van der Waals surface area contributed by atoms with E-state index in [1.807, 2.05) is 0 Å². The molecule has 0 spiro atoms. The minimum absolute atomic E-state index is 0.124. The molecule has 0 bridgehead atoms. The molecule has 32 heavy (non-hydrogen) atoms. The van der Waals surface area contributed by atoms with E-state index >= 15 is 0 Å². The molecule has 0 aliphatic carbocycles. The van der Waals surface area contributed by atoms with Gasteiger partial charge in [0, 0.05) is 13.1 Å². The molecule has 182 valence electrons. The highest BCUT2D eigenvalue weighted by Gasteiger charge is 2.39. The minimum Gasteiger partial charge on any atom is -0.480 e. The minimum atomic E-state index is -1.53. The van der Waals surface area contributed by atoms with Gasteiger partial charge < -0.3 is 48.1 Å². The van der Waals surface area contributed by atoms with Gasteiger partial charge in [-0.25, -0.2) is 4.79 Å². The maximum atomic E-state index is 13.2. The normalized spacial score (nSPS) is 19.4. The molecule has 3 amide bonds. The second-order valence-corrected chi connectivity index (χ2v) is 7.55. The topological polar surface area (TPSA) is 247 Å². The fraction of sp³-hybridized carbons (Fsp3) is 0.722. The van der Waals surface area contributed by atoms with Crippen molar-refractivity contribution in [1.29, 1.82) is 0 Å². The summed E-state index contributed by atoms with van der Waals surface area (Å²) < 4.78 is 0. The number of carboxylic acid groups (broad SMARTS) is 1. The first-order valence-corrected chi connectivity index (χ1v) is 10.2. The Morgan fingerprint density at radius 3 is 2.41 bits per heavy atom. The molecule has 5 atom stereocenters. The van der Waals surface area contributed by atoms with Crippen molar-refractivity contribution in [2.75, 3.05) is 19.7 Å². The van der Waals surface area contributed by atoms with Gasteiger partial charge in [-0.15, -0.1) is 0 Å². The number of carbonyl (C=O) groups excluding carboxylic acids is 3. The monoisotopic (exact) mass is 459 g/mol. The molecule has 1 saturated heterocycles. The Balaban J connectivity index is 2.96. The van der Waals surface area contributed by atoms with E-state index in [1.54, 1.807) is 0 Å². The average Bonchev–Trinajstić information content (AvgIpc) is 3.21. The maximum Gasteiger partial charge on any atom is 0.328 e. The molecular weight excluding hydrogens is 426 g/mol. The third-order valence-electron chi connectivity index (χ3n) is 4.98. The fourth-order valence-corrected chi connectivity index (χ4v) is 3.26. The van der Waals surface area contributed by atoms with E-state index in [9.17, 15) is 24.3 Å². The van der Waals surface area contributed by atoms with Gasteiger partial charge in [0.2, 0.25) is 17.7 Å². The van der Waals surface area contributed by atoms with Crippen molar-refractivity contribution >= 4 is 29.7 Å². The molecule has 0 aromatic heterocycles. The van der Waals surface area contributed by atoms with Gasteiger partial charge in [-0.3, -0.25) is 19.4 Å². The van der Waals surface area contributed by atoms with Crippen LogP contribution in [-0.2, 0) is 19.2 Å². The lowest BCUT2D eigenvalue weighted by Crippen LogP contribution is -2.58. The van der Waals surface area contributed by atoms with Gasteiger partial charge in [-0.2, -0.15) is 0 Å². The smallest absolute Gasteiger partial charge is 0.328 e. The van der Waals surface area contributed by atoms with E-state index in [-0.39, 0.29) is 31.9 Å². The van der Waals surface area contributed by atoms with Gasteiger partial charge in [-0.1, -0.05) is 0 Å². The lowest BCUT2D eigenvalue weighted by atomic mass is 10.1. The summed E-state index contributed by atoms with van der Waals surface area (Å²) in [6.07, 6.45) is -0.105. The molecule has 14 heteroatoms.